The van der Waals surface area contributed by atoms with Crippen LogP contribution in [0, 0.1) is 0 Å². The molecule has 21 heavy (non-hydrogen) atoms. The number of para-hydroxylation sites is 1. The lowest BCUT2D eigenvalue weighted by Crippen LogP contribution is -2.40. The van der Waals surface area contributed by atoms with E-state index in [2.05, 4.69) is 38.7 Å². The molecule has 0 unspecified atom stereocenters. The van der Waals surface area contributed by atoms with Crippen molar-refractivity contribution < 1.29 is 4.79 Å². The summed E-state index contributed by atoms with van der Waals surface area (Å²) in [4.78, 5) is 14.3. The molecule has 114 valence electrons. The van der Waals surface area contributed by atoms with Crippen LogP contribution in [-0.4, -0.2) is 24.5 Å². The lowest BCUT2D eigenvalue weighted by Gasteiger charge is -2.26. The molecule has 0 radical (unpaired) electrons. The summed E-state index contributed by atoms with van der Waals surface area (Å²) < 4.78 is 0. The minimum atomic E-state index is 0.0592. The molecule has 1 N–H and O–H groups in total. The van der Waals surface area contributed by atoms with Crippen molar-refractivity contribution in [3.8, 4) is 0 Å². The van der Waals surface area contributed by atoms with Crippen LogP contribution in [0.4, 0.5) is 5.69 Å². The van der Waals surface area contributed by atoms with Gasteiger partial charge in [0.2, 0.25) is 5.91 Å². The molecule has 3 heteroatoms. The molecule has 1 heterocycles. The Morgan fingerprint density at radius 2 is 2.00 bits per heavy atom. The molecule has 0 atom stereocenters. The molecule has 0 aliphatic carbocycles. The second-order valence-electron chi connectivity index (χ2n) is 6.82. The van der Waals surface area contributed by atoms with Crippen molar-refractivity contribution in [2.45, 2.75) is 45.6 Å². The maximum absolute atomic E-state index is 12.4. The highest BCUT2D eigenvalue weighted by Crippen LogP contribution is 2.27. The first-order valence-corrected chi connectivity index (χ1v) is 7.67. The van der Waals surface area contributed by atoms with Gasteiger partial charge in [0.15, 0.2) is 0 Å². The number of aryl methyl sites for hydroxylation is 1. The van der Waals surface area contributed by atoms with Crippen LogP contribution in [0.1, 0.15) is 39.2 Å². The van der Waals surface area contributed by atoms with Gasteiger partial charge in [0.05, 0.1) is 0 Å². The van der Waals surface area contributed by atoms with Crippen LogP contribution in [0.15, 0.2) is 36.4 Å². The van der Waals surface area contributed by atoms with Crippen LogP contribution in [-0.2, 0) is 11.2 Å². The van der Waals surface area contributed by atoms with E-state index in [1.165, 1.54) is 5.56 Å². The topological polar surface area (TPSA) is 32.3 Å². The van der Waals surface area contributed by atoms with Crippen molar-refractivity contribution in [3.63, 3.8) is 0 Å². The first kappa shape index (κ1) is 15.8. The number of nitrogens with one attached hydrogen (secondary N) is 1. The zero-order valence-corrected chi connectivity index (χ0v) is 13.4. The molecule has 1 aromatic carbocycles. The summed E-state index contributed by atoms with van der Waals surface area (Å²) in [6.45, 7) is 11.9. The standard InChI is InChI=1S/C18H26N2O/c1-14(12-19-18(2,3)4)13-20-16-10-6-5-8-15(16)9-7-11-17(20)21/h5-6,8,10,19H,1,7,9,11-13H2,2-4H3. The Kier molecular flexibility index (Phi) is 4.84. The number of hydrogen-bond donors (Lipinski definition) is 1. The third kappa shape index (κ3) is 4.43. The third-order valence-corrected chi connectivity index (χ3v) is 3.67. The fraction of sp³-hybridized carbons (Fsp3) is 0.500. The summed E-state index contributed by atoms with van der Waals surface area (Å²) in [7, 11) is 0. The Bertz CT molecular complexity index is 528. The number of nitrogens with zero attached hydrogens (tertiary/aromatic N) is 1. The molecule has 1 amide bonds. The number of rotatable bonds is 4. The smallest absolute Gasteiger partial charge is 0.227 e. The van der Waals surface area contributed by atoms with E-state index in [1.54, 1.807) is 0 Å². The summed E-state index contributed by atoms with van der Waals surface area (Å²) in [5, 5.41) is 3.43. The normalized spacial score (nSPS) is 15.6. The van der Waals surface area contributed by atoms with E-state index in [-0.39, 0.29) is 11.4 Å². The maximum atomic E-state index is 12.4. The fourth-order valence-corrected chi connectivity index (χ4v) is 2.53. The van der Waals surface area contributed by atoms with Crippen molar-refractivity contribution >= 4 is 11.6 Å². The molecule has 0 aromatic heterocycles. The lowest BCUT2D eigenvalue weighted by atomic mass is 10.1. The van der Waals surface area contributed by atoms with Crippen molar-refractivity contribution in [1.82, 2.24) is 5.32 Å². The molecular weight excluding hydrogens is 260 g/mol. The van der Waals surface area contributed by atoms with E-state index in [1.807, 2.05) is 23.1 Å². The maximum Gasteiger partial charge on any atom is 0.227 e. The quantitative estimate of drug-likeness (QED) is 0.861. The van der Waals surface area contributed by atoms with Crippen LogP contribution in [0.25, 0.3) is 0 Å². The highest BCUT2D eigenvalue weighted by Gasteiger charge is 2.22. The van der Waals surface area contributed by atoms with Gasteiger partial charge in [-0.05, 0) is 50.8 Å². The summed E-state index contributed by atoms with van der Waals surface area (Å²) in [5.41, 5.74) is 3.41. The number of benzene rings is 1. The van der Waals surface area contributed by atoms with Crippen LogP contribution >= 0.6 is 0 Å². The molecular formula is C18H26N2O. The van der Waals surface area contributed by atoms with Gasteiger partial charge in [0.1, 0.15) is 0 Å². The Hall–Kier alpha value is -1.61. The number of fused-ring (bicyclic) bond motifs is 1. The lowest BCUT2D eigenvalue weighted by molar-refractivity contribution is -0.118. The summed E-state index contributed by atoms with van der Waals surface area (Å²) in [6, 6.07) is 8.21. The van der Waals surface area contributed by atoms with E-state index in [0.717, 1.165) is 30.6 Å². The third-order valence-electron chi connectivity index (χ3n) is 3.67. The zero-order valence-electron chi connectivity index (χ0n) is 13.4. The van der Waals surface area contributed by atoms with E-state index in [9.17, 15) is 4.79 Å². The van der Waals surface area contributed by atoms with Crippen LogP contribution in [0.3, 0.4) is 0 Å². The van der Waals surface area contributed by atoms with Gasteiger partial charge in [0, 0.05) is 30.7 Å². The molecule has 2 rings (SSSR count). The average molecular weight is 286 g/mol. The van der Waals surface area contributed by atoms with Gasteiger partial charge in [0.25, 0.3) is 0 Å². The van der Waals surface area contributed by atoms with Gasteiger partial charge < -0.3 is 10.2 Å². The van der Waals surface area contributed by atoms with Crippen LogP contribution < -0.4 is 10.2 Å². The van der Waals surface area contributed by atoms with Gasteiger partial charge >= 0.3 is 0 Å². The van der Waals surface area contributed by atoms with Crippen LogP contribution in [0.2, 0.25) is 0 Å². The van der Waals surface area contributed by atoms with E-state index in [0.29, 0.717) is 13.0 Å². The number of carbonyl (C=O) groups is 1. The second-order valence-corrected chi connectivity index (χ2v) is 6.82. The molecule has 1 aliphatic heterocycles. The Balaban J connectivity index is 2.10. The predicted octanol–water partition coefficient (Wildman–Crippen LogP) is 3.30. The highest BCUT2D eigenvalue weighted by molar-refractivity contribution is 5.95. The molecule has 3 nitrogen and oxygen atoms in total. The number of amides is 1. The van der Waals surface area contributed by atoms with Crippen molar-refractivity contribution in [3.05, 3.63) is 42.0 Å². The molecule has 1 aliphatic rings. The Labute approximate surface area is 128 Å². The largest absolute Gasteiger partial charge is 0.308 e. The van der Waals surface area contributed by atoms with Gasteiger partial charge in [-0.15, -0.1) is 0 Å². The fourth-order valence-electron chi connectivity index (χ4n) is 2.53. The monoisotopic (exact) mass is 286 g/mol. The number of carbonyl (C=O) groups excluding carboxylic acids is 1. The summed E-state index contributed by atoms with van der Waals surface area (Å²) >= 11 is 0. The molecule has 0 fully saturated rings. The van der Waals surface area contributed by atoms with E-state index < -0.39 is 0 Å². The summed E-state index contributed by atoms with van der Waals surface area (Å²) in [5.74, 6) is 0.205. The van der Waals surface area contributed by atoms with Gasteiger partial charge in [-0.25, -0.2) is 0 Å². The SMILES string of the molecule is C=C(CNC(C)(C)C)CN1C(=O)CCCc2ccccc21. The van der Waals surface area contributed by atoms with Gasteiger partial charge in [-0.2, -0.15) is 0 Å². The molecule has 0 saturated heterocycles. The molecule has 0 spiro atoms. The predicted molar refractivity (Wildman–Crippen MR) is 88.6 cm³/mol. The first-order valence-electron chi connectivity index (χ1n) is 7.67. The first-order chi connectivity index (χ1) is 9.87. The van der Waals surface area contributed by atoms with Crippen molar-refractivity contribution in [2.24, 2.45) is 0 Å². The van der Waals surface area contributed by atoms with Crippen molar-refractivity contribution in [1.29, 1.82) is 0 Å². The minimum Gasteiger partial charge on any atom is -0.308 e. The molecule has 0 bridgehead atoms. The average Bonchev–Trinajstić information content (AvgIpc) is 2.56. The van der Waals surface area contributed by atoms with E-state index >= 15 is 0 Å². The van der Waals surface area contributed by atoms with Crippen molar-refractivity contribution in [2.75, 3.05) is 18.0 Å². The van der Waals surface area contributed by atoms with Gasteiger partial charge in [-0.3, -0.25) is 4.79 Å². The second kappa shape index (κ2) is 6.44. The van der Waals surface area contributed by atoms with Crippen LogP contribution in [0.5, 0.6) is 0 Å². The highest BCUT2D eigenvalue weighted by atomic mass is 16.2. The Morgan fingerprint density at radius 1 is 1.29 bits per heavy atom. The molecule has 0 saturated carbocycles. The minimum absolute atomic E-state index is 0.0592. The Morgan fingerprint density at radius 3 is 2.71 bits per heavy atom. The number of hydrogen-bond acceptors (Lipinski definition) is 2. The number of anilines is 1. The van der Waals surface area contributed by atoms with Gasteiger partial charge in [-0.1, -0.05) is 24.8 Å². The molecule has 1 aromatic rings. The summed E-state index contributed by atoms with van der Waals surface area (Å²) in [6.07, 6.45) is 2.53. The zero-order chi connectivity index (χ0) is 15.5. The van der Waals surface area contributed by atoms with E-state index in [4.69, 9.17) is 0 Å².